The van der Waals surface area contributed by atoms with Crippen molar-refractivity contribution in [2.24, 2.45) is 0 Å². The first-order valence-electron chi connectivity index (χ1n) is 9.55. The van der Waals surface area contributed by atoms with E-state index in [0.717, 1.165) is 32.6 Å². The van der Waals surface area contributed by atoms with Crippen molar-refractivity contribution in [1.82, 2.24) is 9.80 Å². The number of ketones is 1. The van der Waals surface area contributed by atoms with Gasteiger partial charge < -0.3 is 5.11 Å². The number of aliphatic hydroxyl groups is 1. The van der Waals surface area contributed by atoms with Crippen molar-refractivity contribution in [3.8, 4) is 0 Å². The minimum absolute atomic E-state index is 0.0380. The molecule has 0 aliphatic carbocycles. The molecule has 5 heteroatoms. The monoisotopic (exact) mass is 370 g/mol. The van der Waals surface area contributed by atoms with Gasteiger partial charge in [-0.3, -0.25) is 14.6 Å². The minimum Gasteiger partial charge on any atom is -0.390 e. The minimum atomic E-state index is -0.385. The van der Waals surface area contributed by atoms with Crippen molar-refractivity contribution in [3.63, 3.8) is 0 Å². The zero-order chi connectivity index (χ0) is 19.1. The molecule has 1 fully saturated rings. The highest BCUT2D eigenvalue weighted by atomic mass is 19.1. The fraction of sp³-hybridized carbons (Fsp3) is 0.409. The summed E-state index contributed by atoms with van der Waals surface area (Å²) in [6.45, 7) is 4.71. The molecule has 27 heavy (non-hydrogen) atoms. The van der Waals surface area contributed by atoms with Gasteiger partial charge in [0.05, 0.1) is 6.10 Å². The molecule has 1 aliphatic heterocycles. The van der Waals surface area contributed by atoms with Crippen molar-refractivity contribution in [2.75, 3.05) is 32.7 Å². The Labute approximate surface area is 160 Å². The number of nitrogens with zero attached hydrogens (tertiary/aromatic N) is 2. The number of hydrogen-bond donors (Lipinski definition) is 1. The fourth-order valence-corrected chi connectivity index (χ4v) is 3.55. The highest BCUT2D eigenvalue weighted by molar-refractivity contribution is 5.95. The maximum absolute atomic E-state index is 12.9. The number of carbonyl (C=O) groups is 1. The van der Waals surface area contributed by atoms with Gasteiger partial charge >= 0.3 is 0 Å². The second-order valence-corrected chi connectivity index (χ2v) is 7.21. The number of benzene rings is 2. The maximum atomic E-state index is 12.9. The van der Waals surface area contributed by atoms with E-state index in [0.29, 0.717) is 25.1 Å². The molecule has 0 unspecified atom stereocenters. The molecule has 1 aliphatic rings. The van der Waals surface area contributed by atoms with Crippen LogP contribution in [-0.4, -0.2) is 59.5 Å². The van der Waals surface area contributed by atoms with E-state index in [4.69, 9.17) is 0 Å². The number of carbonyl (C=O) groups excluding carboxylic acids is 1. The van der Waals surface area contributed by atoms with E-state index in [-0.39, 0.29) is 17.7 Å². The Bertz CT molecular complexity index is 721. The van der Waals surface area contributed by atoms with Crippen LogP contribution in [0.4, 0.5) is 4.39 Å². The first-order chi connectivity index (χ1) is 13.1. The number of halogens is 1. The third kappa shape index (κ3) is 6.24. The van der Waals surface area contributed by atoms with Gasteiger partial charge in [0.2, 0.25) is 0 Å². The molecule has 1 atom stereocenters. The summed E-state index contributed by atoms with van der Waals surface area (Å²) in [5.41, 5.74) is 1.81. The van der Waals surface area contributed by atoms with Crippen molar-refractivity contribution in [2.45, 2.75) is 25.5 Å². The summed E-state index contributed by atoms with van der Waals surface area (Å²) in [4.78, 5) is 16.7. The van der Waals surface area contributed by atoms with Gasteiger partial charge in [-0.2, -0.15) is 0 Å². The number of hydrogen-bond acceptors (Lipinski definition) is 4. The topological polar surface area (TPSA) is 43.8 Å². The molecule has 1 saturated heterocycles. The zero-order valence-corrected chi connectivity index (χ0v) is 15.6. The Kier molecular flexibility index (Phi) is 7.10. The Morgan fingerprint density at radius 1 is 1.00 bits per heavy atom. The van der Waals surface area contributed by atoms with E-state index in [1.165, 1.54) is 29.8 Å². The molecule has 1 N–H and O–H groups in total. The molecule has 0 aromatic heterocycles. The molecule has 0 spiro atoms. The number of Topliss-reactive ketones (excluding diaryl/α,β-unsaturated/α-hetero) is 1. The van der Waals surface area contributed by atoms with Gasteiger partial charge in [0.15, 0.2) is 5.78 Å². The molecule has 1 heterocycles. The van der Waals surface area contributed by atoms with Gasteiger partial charge in [0, 0.05) is 44.7 Å². The predicted molar refractivity (Wildman–Crippen MR) is 104 cm³/mol. The van der Waals surface area contributed by atoms with Crippen LogP contribution in [0, 0.1) is 5.82 Å². The Balaban J connectivity index is 1.44. The summed E-state index contributed by atoms with van der Waals surface area (Å²) in [6, 6.07) is 16.0. The van der Waals surface area contributed by atoms with Crippen LogP contribution in [0.15, 0.2) is 54.6 Å². The summed E-state index contributed by atoms with van der Waals surface area (Å²) in [5.74, 6) is -0.291. The molecule has 2 aromatic carbocycles. The lowest BCUT2D eigenvalue weighted by Gasteiger charge is -2.21. The first kappa shape index (κ1) is 19.7. The summed E-state index contributed by atoms with van der Waals surface area (Å²) in [7, 11) is 0. The summed E-state index contributed by atoms with van der Waals surface area (Å²) in [6.07, 6.45) is 0.789. The molecule has 2 aromatic rings. The number of rotatable bonds is 7. The van der Waals surface area contributed by atoms with Gasteiger partial charge in [-0.1, -0.05) is 30.3 Å². The second-order valence-electron chi connectivity index (χ2n) is 7.21. The van der Waals surface area contributed by atoms with E-state index >= 15 is 0 Å². The molecular weight excluding hydrogens is 343 g/mol. The highest BCUT2D eigenvalue weighted by Gasteiger charge is 2.21. The van der Waals surface area contributed by atoms with Gasteiger partial charge in [-0.15, -0.1) is 0 Å². The zero-order valence-electron chi connectivity index (χ0n) is 15.6. The molecule has 0 amide bonds. The van der Waals surface area contributed by atoms with Crippen molar-refractivity contribution >= 4 is 5.78 Å². The Hall–Kier alpha value is -2.08. The third-order valence-electron chi connectivity index (χ3n) is 4.96. The predicted octanol–water partition coefficient (Wildman–Crippen LogP) is 2.97. The summed E-state index contributed by atoms with van der Waals surface area (Å²) < 4.78 is 12.9. The van der Waals surface area contributed by atoms with Crippen molar-refractivity contribution in [3.05, 3.63) is 71.5 Å². The molecule has 144 valence electrons. The maximum Gasteiger partial charge on any atom is 0.162 e. The van der Waals surface area contributed by atoms with E-state index in [2.05, 4.69) is 21.9 Å². The van der Waals surface area contributed by atoms with Crippen LogP contribution in [-0.2, 0) is 6.54 Å². The molecule has 3 rings (SSSR count). The van der Waals surface area contributed by atoms with E-state index in [9.17, 15) is 14.3 Å². The van der Waals surface area contributed by atoms with E-state index in [1.807, 2.05) is 18.2 Å². The van der Waals surface area contributed by atoms with Crippen LogP contribution in [0.3, 0.4) is 0 Å². The molecule has 0 bridgehead atoms. The lowest BCUT2D eigenvalue weighted by atomic mass is 10.1. The molecule has 4 nitrogen and oxygen atoms in total. The SMILES string of the molecule is O=C(CCCN1CCN(Cc2ccccc2)C[C@@H](O)C1)c1ccc(F)cc1. The Morgan fingerprint density at radius 3 is 2.41 bits per heavy atom. The lowest BCUT2D eigenvalue weighted by Crippen LogP contribution is -2.34. The van der Waals surface area contributed by atoms with Crippen molar-refractivity contribution < 1.29 is 14.3 Å². The normalized spacial score (nSPS) is 19.0. The molecular formula is C22H27FN2O2. The van der Waals surface area contributed by atoms with Crippen LogP contribution in [0.25, 0.3) is 0 Å². The van der Waals surface area contributed by atoms with Gasteiger partial charge in [-0.25, -0.2) is 4.39 Å². The van der Waals surface area contributed by atoms with Gasteiger partial charge in [0.25, 0.3) is 0 Å². The van der Waals surface area contributed by atoms with E-state index in [1.54, 1.807) is 0 Å². The van der Waals surface area contributed by atoms with Crippen LogP contribution in [0.5, 0.6) is 0 Å². The highest BCUT2D eigenvalue weighted by Crippen LogP contribution is 2.12. The van der Waals surface area contributed by atoms with Crippen molar-refractivity contribution in [1.29, 1.82) is 0 Å². The number of aliphatic hydroxyl groups excluding tert-OH is 1. The summed E-state index contributed by atoms with van der Waals surface area (Å²) in [5, 5.41) is 10.3. The van der Waals surface area contributed by atoms with Gasteiger partial charge in [0.1, 0.15) is 5.82 Å². The lowest BCUT2D eigenvalue weighted by molar-refractivity contribution is 0.0961. The fourth-order valence-electron chi connectivity index (χ4n) is 3.55. The third-order valence-corrected chi connectivity index (χ3v) is 4.96. The van der Waals surface area contributed by atoms with Gasteiger partial charge in [-0.05, 0) is 42.8 Å². The van der Waals surface area contributed by atoms with Crippen LogP contribution >= 0.6 is 0 Å². The second kappa shape index (κ2) is 9.74. The Morgan fingerprint density at radius 2 is 1.67 bits per heavy atom. The smallest absolute Gasteiger partial charge is 0.162 e. The van der Waals surface area contributed by atoms with Crippen LogP contribution in [0.2, 0.25) is 0 Å². The average Bonchev–Trinajstić information content (AvgIpc) is 2.84. The first-order valence-corrected chi connectivity index (χ1v) is 9.55. The van der Waals surface area contributed by atoms with Crippen LogP contribution in [0.1, 0.15) is 28.8 Å². The molecule has 0 saturated carbocycles. The average molecular weight is 370 g/mol. The largest absolute Gasteiger partial charge is 0.390 e. The number of β-amino-alcohol motifs (C(OH)–C–C–N with tert-alkyl or cyclic N) is 1. The van der Waals surface area contributed by atoms with E-state index < -0.39 is 0 Å². The molecule has 0 radical (unpaired) electrons. The van der Waals surface area contributed by atoms with Crippen LogP contribution < -0.4 is 0 Å². The quantitative estimate of drug-likeness (QED) is 0.761. The standard InChI is InChI=1S/C22H27FN2O2/c23-20-10-8-19(9-11-20)22(27)7-4-12-24-13-14-25(17-21(26)16-24)15-18-5-2-1-3-6-18/h1-3,5-6,8-11,21,26H,4,7,12-17H2/t21-/m0/s1. The summed E-state index contributed by atoms with van der Waals surface area (Å²) >= 11 is 0.